The van der Waals surface area contributed by atoms with Gasteiger partial charge in [0.25, 0.3) is 0 Å². The number of carbonyl (C=O) groups excluding carboxylic acids is 1. The van der Waals surface area contributed by atoms with E-state index in [1.54, 1.807) is 17.4 Å². The van der Waals surface area contributed by atoms with Crippen LogP contribution in [0, 0.1) is 6.92 Å². The topological polar surface area (TPSA) is 42.0 Å². The highest BCUT2D eigenvalue weighted by atomic mass is 35.5. The second kappa shape index (κ2) is 9.26. The maximum absolute atomic E-state index is 11.9. The smallest absolute Gasteiger partial charge is 0.220 e. The van der Waals surface area contributed by atoms with E-state index in [-0.39, 0.29) is 5.91 Å². The predicted molar refractivity (Wildman–Crippen MR) is 97.6 cm³/mol. The van der Waals surface area contributed by atoms with Crippen molar-refractivity contribution in [3.05, 3.63) is 49.9 Å². The molecule has 0 aliphatic rings. The summed E-state index contributed by atoms with van der Waals surface area (Å²) in [5, 5.41) is 7.26. The number of unbranched alkanes of at least 4 members (excludes halogenated alkanes) is 1. The Kier molecular flexibility index (Phi) is 7.34. The van der Waals surface area contributed by atoms with Crippen LogP contribution < -0.4 is 5.32 Å². The summed E-state index contributed by atoms with van der Waals surface area (Å²) in [4.78, 5) is 16.3. The van der Waals surface area contributed by atoms with Gasteiger partial charge in [-0.1, -0.05) is 35.3 Å². The number of aryl methyl sites for hydroxylation is 3. The van der Waals surface area contributed by atoms with Gasteiger partial charge in [0.2, 0.25) is 5.91 Å². The van der Waals surface area contributed by atoms with E-state index in [1.807, 2.05) is 19.1 Å². The SMILES string of the molecule is Cc1csc(CCCCNC(=O)CCc2cccc(Cl)c2Cl)n1. The van der Waals surface area contributed by atoms with Crippen LogP contribution in [-0.2, 0) is 17.6 Å². The Morgan fingerprint density at radius 2 is 2.09 bits per heavy atom. The lowest BCUT2D eigenvalue weighted by Crippen LogP contribution is -2.24. The van der Waals surface area contributed by atoms with Gasteiger partial charge in [0, 0.05) is 24.0 Å². The highest BCUT2D eigenvalue weighted by molar-refractivity contribution is 7.09. The van der Waals surface area contributed by atoms with Crippen molar-refractivity contribution < 1.29 is 4.79 Å². The lowest BCUT2D eigenvalue weighted by atomic mass is 10.1. The summed E-state index contributed by atoms with van der Waals surface area (Å²) in [5.41, 5.74) is 1.99. The molecule has 1 N–H and O–H groups in total. The van der Waals surface area contributed by atoms with Gasteiger partial charge in [0.05, 0.1) is 15.1 Å². The Balaban J connectivity index is 1.61. The zero-order chi connectivity index (χ0) is 16.7. The molecule has 0 atom stereocenters. The van der Waals surface area contributed by atoms with Crippen molar-refractivity contribution in [2.24, 2.45) is 0 Å². The molecule has 0 saturated heterocycles. The number of hydrogen-bond donors (Lipinski definition) is 1. The number of aromatic nitrogens is 1. The van der Waals surface area contributed by atoms with E-state index in [2.05, 4.69) is 15.7 Å². The number of rotatable bonds is 8. The fourth-order valence-electron chi connectivity index (χ4n) is 2.22. The molecule has 1 heterocycles. The molecule has 1 amide bonds. The monoisotopic (exact) mass is 370 g/mol. The number of nitrogens with one attached hydrogen (secondary N) is 1. The first-order valence-corrected chi connectivity index (χ1v) is 9.30. The molecule has 2 aromatic rings. The second-order valence-electron chi connectivity index (χ2n) is 5.40. The summed E-state index contributed by atoms with van der Waals surface area (Å²) < 4.78 is 0. The van der Waals surface area contributed by atoms with Gasteiger partial charge in [-0.05, 0) is 44.2 Å². The lowest BCUT2D eigenvalue weighted by molar-refractivity contribution is -0.121. The van der Waals surface area contributed by atoms with Gasteiger partial charge in [-0.3, -0.25) is 4.79 Å². The van der Waals surface area contributed by atoms with Gasteiger partial charge in [-0.2, -0.15) is 0 Å². The number of nitrogens with zero attached hydrogens (tertiary/aromatic N) is 1. The lowest BCUT2D eigenvalue weighted by Gasteiger charge is -2.07. The van der Waals surface area contributed by atoms with E-state index in [9.17, 15) is 4.79 Å². The molecule has 2 rings (SSSR count). The first-order chi connectivity index (χ1) is 11.1. The summed E-state index contributed by atoms with van der Waals surface area (Å²) in [6.45, 7) is 2.71. The fraction of sp³-hybridized carbons (Fsp3) is 0.412. The van der Waals surface area contributed by atoms with Crippen molar-refractivity contribution in [2.45, 2.75) is 39.0 Å². The van der Waals surface area contributed by atoms with E-state index >= 15 is 0 Å². The predicted octanol–water partition coefficient (Wildman–Crippen LogP) is 4.83. The third-order valence-corrected chi connectivity index (χ3v) is 5.34. The molecule has 0 unspecified atom stereocenters. The molecule has 0 fully saturated rings. The summed E-state index contributed by atoms with van der Waals surface area (Å²) in [5.74, 6) is 0.0473. The van der Waals surface area contributed by atoms with Crippen LogP contribution in [0.15, 0.2) is 23.6 Å². The van der Waals surface area contributed by atoms with E-state index in [0.717, 1.165) is 30.5 Å². The van der Waals surface area contributed by atoms with Gasteiger partial charge < -0.3 is 5.32 Å². The number of benzene rings is 1. The molecule has 23 heavy (non-hydrogen) atoms. The summed E-state index contributed by atoms with van der Waals surface area (Å²) in [6, 6.07) is 5.50. The maximum atomic E-state index is 11.9. The zero-order valence-corrected chi connectivity index (χ0v) is 15.4. The Hall–Kier alpha value is -1.10. The molecule has 0 bridgehead atoms. The van der Waals surface area contributed by atoms with Crippen LogP contribution >= 0.6 is 34.5 Å². The fourth-order valence-corrected chi connectivity index (χ4v) is 3.46. The molecule has 3 nitrogen and oxygen atoms in total. The summed E-state index contributed by atoms with van der Waals surface area (Å²) in [7, 11) is 0. The van der Waals surface area contributed by atoms with Crippen molar-refractivity contribution in [1.82, 2.24) is 10.3 Å². The highest BCUT2D eigenvalue weighted by Crippen LogP contribution is 2.26. The summed E-state index contributed by atoms with van der Waals surface area (Å²) in [6.07, 6.45) is 4.00. The molecule has 0 spiro atoms. The van der Waals surface area contributed by atoms with Crippen LogP contribution in [0.5, 0.6) is 0 Å². The van der Waals surface area contributed by atoms with Gasteiger partial charge in [-0.25, -0.2) is 4.98 Å². The number of halogens is 2. The first kappa shape index (κ1) is 18.2. The van der Waals surface area contributed by atoms with Crippen molar-refractivity contribution in [3.8, 4) is 0 Å². The van der Waals surface area contributed by atoms with E-state index in [0.29, 0.717) is 29.4 Å². The van der Waals surface area contributed by atoms with Crippen LogP contribution in [0.25, 0.3) is 0 Å². The van der Waals surface area contributed by atoms with Crippen molar-refractivity contribution in [1.29, 1.82) is 0 Å². The van der Waals surface area contributed by atoms with Gasteiger partial charge >= 0.3 is 0 Å². The molecular formula is C17H20Cl2N2OS. The van der Waals surface area contributed by atoms with Gasteiger partial charge in [-0.15, -0.1) is 11.3 Å². The van der Waals surface area contributed by atoms with Gasteiger partial charge in [0.1, 0.15) is 0 Å². The zero-order valence-electron chi connectivity index (χ0n) is 13.1. The van der Waals surface area contributed by atoms with Crippen LogP contribution in [0.1, 0.15) is 35.5 Å². The Labute approximate surface area is 151 Å². The minimum Gasteiger partial charge on any atom is -0.356 e. The van der Waals surface area contributed by atoms with Crippen LogP contribution in [0.2, 0.25) is 10.0 Å². The van der Waals surface area contributed by atoms with Crippen LogP contribution in [0.3, 0.4) is 0 Å². The first-order valence-electron chi connectivity index (χ1n) is 7.67. The van der Waals surface area contributed by atoms with Crippen molar-refractivity contribution in [3.63, 3.8) is 0 Å². The molecular weight excluding hydrogens is 351 g/mol. The highest BCUT2D eigenvalue weighted by Gasteiger charge is 2.07. The minimum absolute atomic E-state index is 0.0473. The average molecular weight is 371 g/mol. The molecule has 6 heteroatoms. The van der Waals surface area contributed by atoms with Crippen LogP contribution in [0.4, 0.5) is 0 Å². The summed E-state index contributed by atoms with van der Waals surface area (Å²) >= 11 is 13.8. The molecule has 1 aromatic heterocycles. The number of thiazole rings is 1. The third kappa shape index (κ3) is 6.13. The Bertz CT molecular complexity index is 658. The maximum Gasteiger partial charge on any atom is 0.220 e. The van der Waals surface area contributed by atoms with E-state index in [1.165, 1.54) is 5.01 Å². The number of carbonyl (C=O) groups is 1. The van der Waals surface area contributed by atoms with E-state index in [4.69, 9.17) is 23.2 Å². The molecule has 0 aliphatic heterocycles. The molecule has 0 saturated carbocycles. The van der Waals surface area contributed by atoms with Crippen molar-refractivity contribution in [2.75, 3.05) is 6.54 Å². The molecule has 124 valence electrons. The number of amides is 1. The molecule has 1 aromatic carbocycles. The normalized spacial score (nSPS) is 10.7. The second-order valence-corrected chi connectivity index (χ2v) is 7.13. The largest absolute Gasteiger partial charge is 0.356 e. The quantitative estimate of drug-likeness (QED) is 0.676. The van der Waals surface area contributed by atoms with Crippen molar-refractivity contribution >= 4 is 40.4 Å². The molecule has 0 aliphatic carbocycles. The standard InChI is InChI=1S/C17H20Cl2N2OS/c1-12-11-23-16(21-12)7-2-3-10-20-15(22)9-8-13-5-4-6-14(18)17(13)19/h4-6,11H,2-3,7-10H2,1H3,(H,20,22). The minimum atomic E-state index is 0.0473. The Morgan fingerprint density at radius 1 is 1.26 bits per heavy atom. The third-order valence-electron chi connectivity index (χ3n) is 3.46. The molecule has 0 radical (unpaired) electrons. The van der Waals surface area contributed by atoms with E-state index < -0.39 is 0 Å². The Morgan fingerprint density at radius 3 is 2.83 bits per heavy atom. The average Bonchev–Trinajstić information content (AvgIpc) is 2.94. The number of hydrogen-bond acceptors (Lipinski definition) is 3. The van der Waals surface area contributed by atoms with Crippen LogP contribution in [-0.4, -0.2) is 17.4 Å². The van der Waals surface area contributed by atoms with Gasteiger partial charge in [0.15, 0.2) is 0 Å².